The minimum Gasteiger partial charge on any atom is -0.508 e. The molecular formula is C18H22N2O3. The lowest BCUT2D eigenvalue weighted by atomic mass is 10.0. The molecule has 5 nitrogen and oxygen atoms in total. The number of phenolic OH excluding ortho intramolecular Hbond substituents is 1. The van der Waals surface area contributed by atoms with Crippen molar-refractivity contribution in [1.82, 2.24) is 9.88 Å². The van der Waals surface area contributed by atoms with Crippen molar-refractivity contribution in [2.24, 2.45) is 0 Å². The Balaban J connectivity index is 1.81. The molecule has 122 valence electrons. The first-order valence-corrected chi connectivity index (χ1v) is 7.89. The summed E-state index contributed by atoms with van der Waals surface area (Å²) in [5, 5.41) is 19.7. The highest BCUT2D eigenvalue weighted by atomic mass is 16.5. The molecule has 5 heteroatoms. The summed E-state index contributed by atoms with van der Waals surface area (Å²) in [6, 6.07) is 11.2. The van der Waals surface area contributed by atoms with Crippen molar-refractivity contribution in [1.29, 1.82) is 0 Å². The van der Waals surface area contributed by atoms with Gasteiger partial charge in [-0.2, -0.15) is 0 Å². The number of aliphatic hydroxyl groups is 1. The van der Waals surface area contributed by atoms with Gasteiger partial charge in [-0.3, -0.25) is 4.90 Å². The van der Waals surface area contributed by atoms with Crippen LogP contribution in [-0.2, 0) is 6.54 Å². The number of pyridine rings is 1. The lowest BCUT2D eigenvalue weighted by Crippen LogP contribution is -2.35. The molecule has 2 aromatic rings. The van der Waals surface area contributed by atoms with Gasteiger partial charge in [0.05, 0.1) is 18.9 Å². The highest BCUT2D eigenvalue weighted by molar-refractivity contribution is 5.62. The molecule has 0 bridgehead atoms. The summed E-state index contributed by atoms with van der Waals surface area (Å²) in [7, 11) is 1.60. The van der Waals surface area contributed by atoms with Gasteiger partial charge in [-0.15, -0.1) is 0 Å². The number of benzene rings is 1. The average Bonchev–Trinajstić information content (AvgIpc) is 2.59. The lowest BCUT2D eigenvalue weighted by Gasteiger charge is -2.29. The number of aliphatic hydroxyl groups excluding tert-OH is 1. The zero-order valence-corrected chi connectivity index (χ0v) is 13.3. The maximum atomic E-state index is 10.1. The van der Waals surface area contributed by atoms with E-state index >= 15 is 0 Å². The SMILES string of the molecule is COc1cccc(-c2ccc(O)c(CN3CCC(O)CC3)c2)n1. The van der Waals surface area contributed by atoms with E-state index in [1.807, 2.05) is 30.3 Å². The number of hydrogen-bond acceptors (Lipinski definition) is 5. The van der Waals surface area contributed by atoms with E-state index in [4.69, 9.17) is 4.74 Å². The Bertz CT molecular complexity index is 667. The molecule has 1 saturated heterocycles. The van der Waals surface area contributed by atoms with Gasteiger partial charge in [-0.1, -0.05) is 6.07 Å². The monoisotopic (exact) mass is 314 g/mol. The molecule has 1 fully saturated rings. The molecule has 0 aliphatic carbocycles. The van der Waals surface area contributed by atoms with E-state index in [0.29, 0.717) is 18.2 Å². The van der Waals surface area contributed by atoms with Gasteiger partial charge in [0, 0.05) is 36.8 Å². The number of aromatic hydroxyl groups is 1. The molecular weight excluding hydrogens is 292 g/mol. The number of ether oxygens (including phenoxy) is 1. The molecule has 0 spiro atoms. The van der Waals surface area contributed by atoms with Gasteiger partial charge in [0.25, 0.3) is 0 Å². The third kappa shape index (κ3) is 3.81. The largest absolute Gasteiger partial charge is 0.508 e. The van der Waals surface area contributed by atoms with Crippen LogP contribution in [0.15, 0.2) is 36.4 Å². The molecule has 2 heterocycles. The Morgan fingerprint density at radius 2 is 2.00 bits per heavy atom. The normalized spacial score (nSPS) is 16.4. The number of hydrogen-bond donors (Lipinski definition) is 2. The maximum absolute atomic E-state index is 10.1. The fourth-order valence-corrected chi connectivity index (χ4v) is 2.88. The summed E-state index contributed by atoms with van der Waals surface area (Å²) in [6.45, 7) is 2.38. The van der Waals surface area contributed by atoms with Gasteiger partial charge in [0.15, 0.2) is 0 Å². The molecule has 2 N–H and O–H groups in total. The topological polar surface area (TPSA) is 65.8 Å². The Morgan fingerprint density at radius 1 is 1.22 bits per heavy atom. The highest BCUT2D eigenvalue weighted by Crippen LogP contribution is 2.27. The van der Waals surface area contributed by atoms with E-state index in [1.54, 1.807) is 13.2 Å². The smallest absolute Gasteiger partial charge is 0.213 e. The Hall–Kier alpha value is -2.11. The molecule has 1 aliphatic rings. The molecule has 3 rings (SSSR count). The van der Waals surface area contributed by atoms with Crippen LogP contribution in [0.1, 0.15) is 18.4 Å². The van der Waals surface area contributed by atoms with Crippen LogP contribution in [0, 0.1) is 0 Å². The Kier molecular flexibility index (Phi) is 4.79. The van der Waals surface area contributed by atoms with Crippen molar-refractivity contribution in [2.75, 3.05) is 20.2 Å². The molecule has 0 radical (unpaired) electrons. The second-order valence-electron chi connectivity index (χ2n) is 5.92. The first-order chi connectivity index (χ1) is 11.2. The van der Waals surface area contributed by atoms with E-state index in [1.165, 1.54) is 0 Å². The summed E-state index contributed by atoms with van der Waals surface area (Å²) in [5.74, 6) is 0.866. The van der Waals surface area contributed by atoms with Crippen molar-refractivity contribution in [2.45, 2.75) is 25.5 Å². The summed E-state index contributed by atoms with van der Waals surface area (Å²) in [5.41, 5.74) is 2.65. The van der Waals surface area contributed by atoms with Crippen LogP contribution in [-0.4, -0.2) is 46.4 Å². The Morgan fingerprint density at radius 3 is 2.74 bits per heavy atom. The number of piperidine rings is 1. The molecule has 0 amide bonds. The molecule has 0 atom stereocenters. The van der Waals surface area contributed by atoms with Crippen molar-refractivity contribution in [3.8, 4) is 22.9 Å². The zero-order valence-electron chi connectivity index (χ0n) is 13.3. The fourth-order valence-electron chi connectivity index (χ4n) is 2.88. The van der Waals surface area contributed by atoms with E-state index in [-0.39, 0.29) is 6.10 Å². The van der Waals surface area contributed by atoms with Crippen LogP contribution < -0.4 is 4.74 Å². The number of aromatic nitrogens is 1. The molecule has 1 aliphatic heterocycles. The van der Waals surface area contributed by atoms with Crippen LogP contribution in [0.4, 0.5) is 0 Å². The first-order valence-electron chi connectivity index (χ1n) is 7.89. The highest BCUT2D eigenvalue weighted by Gasteiger charge is 2.18. The molecule has 1 aromatic heterocycles. The zero-order chi connectivity index (χ0) is 16.2. The van der Waals surface area contributed by atoms with Crippen LogP contribution in [0.25, 0.3) is 11.3 Å². The van der Waals surface area contributed by atoms with Gasteiger partial charge in [-0.25, -0.2) is 4.98 Å². The van der Waals surface area contributed by atoms with Crippen molar-refractivity contribution < 1.29 is 14.9 Å². The summed E-state index contributed by atoms with van der Waals surface area (Å²) in [4.78, 5) is 6.69. The van der Waals surface area contributed by atoms with Crippen LogP contribution in [0.2, 0.25) is 0 Å². The second-order valence-corrected chi connectivity index (χ2v) is 5.92. The lowest BCUT2D eigenvalue weighted by molar-refractivity contribution is 0.0789. The molecule has 1 aromatic carbocycles. The quantitative estimate of drug-likeness (QED) is 0.907. The minimum absolute atomic E-state index is 0.188. The van der Waals surface area contributed by atoms with E-state index in [9.17, 15) is 10.2 Å². The summed E-state index contributed by atoms with van der Waals surface area (Å²) in [6.07, 6.45) is 1.39. The fraction of sp³-hybridized carbons (Fsp3) is 0.389. The number of phenols is 1. The molecule has 0 unspecified atom stereocenters. The van der Waals surface area contributed by atoms with Crippen molar-refractivity contribution in [3.63, 3.8) is 0 Å². The van der Waals surface area contributed by atoms with E-state index in [0.717, 1.165) is 42.8 Å². The van der Waals surface area contributed by atoms with Crippen LogP contribution in [0.3, 0.4) is 0 Å². The second kappa shape index (κ2) is 6.98. The predicted molar refractivity (Wildman–Crippen MR) is 88.4 cm³/mol. The molecule has 23 heavy (non-hydrogen) atoms. The minimum atomic E-state index is -0.188. The van der Waals surface area contributed by atoms with Gasteiger partial charge < -0.3 is 14.9 Å². The van der Waals surface area contributed by atoms with Crippen molar-refractivity contribution in [3.05, 3.63) is 42.0 Å². The predicted octanol–water partition coefficient (Wildman–Crippen LogP) is 2.42. The van der Waals surface area contributed by atoms with Gasteiger partial charge in [0.1, 0.15) is 5.75 Å². The first kappa shape index (κ1) is 15.8. The maximum Gasteiger partial charge on any atom is 0.213 e. The third-order valence-electron chi connectivity index (χ3n) is 4.26. The Labute approximate surface area is 136 Å². The van der Waals surface area contributed by atoms with E-state index in [2.05, 4.69) is 9.88 Å². The molecule has 0 saturated carbocycles. The van der Waals surface area contributed by atoms with Gasteiger partial charge in [0.2, 0.25) is 5.88 Å². The van der Waals surface area contributed by atoms with E-state index < -0.39 is 0 Å². The average molecular weight is 314 g/mol. The third-order valence-corrected chi connectivity index (χ3v) is 4.26. The summed E-state index contributed by atoms with van der Waals surface area (Å²) < 4.78 is 5.17. The van der Waals surface area contributed by atoms with Crippen LogP contribution >= 0.6 is 0 Å². The van der Waals surface area contributed by atoms with Gasteiger partial charge >= 0.3 is 0 Å². The number of rotatable bonds is 4. The van der Waals surface area contributed by atoms with Gasteiger partial charge in [-0.05, 0) is 37.1 Å². The number of likely N-dealkylation sites (tertiary alicyclic amines) is 1. The number of nitrogens with zero attached hydrogens (tertiary/aromatic N) is 2. The number of methoxy groups -OCH3 is 1. The summed E-state index contributed by atoms with van der Waals surface area (Å²) >= 11 is 0. The van der Waals surface area contributed by atoms with Crippen molar-refractivity contribution >= 4 is 0 Å². The van der Waals surface area contributed by atoms with Crippen LogP contribution in [0.5, 0.6) is 11.6 Å². The standard InChI is InChI=1S/C18H22N2O3/c1-23-18-4-2-3-16(19-18)13-5-6-17(22)14(11-13)12-20-9-7-15(21)8-10-20/h2-6,11,15,21-22H,7-10,12H2,1H3.